The van der Waals surface area contributed by atoms with Crippen molar-refractivity contribution >= 4 is 5.91 Å². The van der Waals surface area contributed by atoms with Crippen LogP contribution in [-0.2, 0) is 4.79 Å². The molecule has 2 saturated carbocycles. The Balaban J connectivity index is 1.67. The topological polar surface area (TPSA) is 55.1 Å². The molecule has 2 unspecified atom stereocenters. The van der Waals surface area contributed by atoms with Crippen LogP contribution < -0.4 is 11.1 Å². The third-order valence-electron chi connectivity index (χ3n) is 5.48. The fourth-order valence-corrected chi connectivity index (χ4v) is 3.88. The summed E-state index contributed by atoms with van der Waals surface area (Å²) in [5, 5.41) is 3.17. The van der Waals surface area contributed by atoms with Gasteiger partial charge in [-0.3, -0.25) is 4.79 Å². The van der Waals surface area contributed by atoms with Gasteiger partial charge in [0.15, 0.2) is 0 Å². The first kappa shape index (κ1) is 15.8. The van der Waals surface area contributed by atoms with Gasteiger partial charge in [0.25, 0.3) is 0 Å². The molecular formula is C17H32N2O. The zero-order chi connectivity index (χ0) is 14.8. The van der Waals surface area contributed by atoms with Crippen LogP contribution in [0.25, 0.3) is 0 Å². The third kappa shape index (κ3) is 4.21. The average Bonchev–Trinajstić information content (AvgIpc) is 2.82. The van der Waals surface area contributed by atoms with Crippen LogP contribution in [-0.4, -0.2) is 18.5 Å². The Morgan fingerprint density at radius 3 is 2.25 bits per heavy atom. The first-order chi connectivity index (χ1) is 9.36. The lowest BCUT2D eigenvalue weighted by atomic mass is 9.70. The number of amides is 1. The summed E-state index contributed by atoms with van der Waals surface area (Å²) in [6, 6.07) is 0.243. The minimum absolute atomic E-state index is 0.177. The number of carbonyl (C=O) groups is 1. The van der Waals surface area contributed by atoms with E-state index in [0.717, 1.165) is 31.7 Å². The summed E-state index contributed by atoms with van der Waals surface area (Å²) in [5.74, 6) is 1.96. The lowest BCUT2D eigenvalue weighted by Crippen LogP contribution is -2.36. The Hall–Kier alpha value is -0.570. The van der Waals surface area contributed by atoms with Crippen molar-refractivity contribution in [3.05, 3.63) is 0 Å². The highest BCUT2D eigenvalue weighted by atomic mass is 16.1. The van der Waals surface area contributed by atoms with E-state index in [4.69, 9.17) is 5.73 Å². The van der Waals surface area contributed by atoms with E-state index in [1.807, 2.05) is 0 Å². The van der Waals surface area contributed by atoms with Gasteiger partial charge in [-0.1, -0.05) is 20.8 Å². The van der Waals surface area contributed by atoms with Crippen molar-refractivity contribution in [1.82, 2.24) is 5.32 Å². The zero-order valence-electron chi connectivity index (χ0n) is 13.5. The Morgan fingerprint density at radius 1 is 1.10 bits per heavy atom. The van der Waals surface area contributed by atoms with Gasteiger partial charge in [-0.15, -0.1) is 0 Å². The predicted molar refractivity (Wildman–Crippen MR) is 83.2 cm³/mol. The first-order valence-electron chi connectivity index (χ1n) is 8.39. The number of nitrogens with one attached hydrogen (secondary N) is 1. The molecule has 0 spiro atoms. The highest BCUT2D eigenvalue weighted by Gasteiger charge is 2.31. The van der Waals surface area contributed by atoms with Crippen LogP contribution in [0, 0.1) is 23.2 Å². The molecule has 2 fully saturated rings. The summed E-state index contributed by atoms with van der Waals surface area (Å²) >= 11 is 0. The van der Waals surface area contributed by atoms with Crippen LogP contribution in [0.2, 0.25) is 0 Å². The molecule has 3 heteroatoms. The van der Waals surface area contributed by atoms with Gasteiger partial charge in [0.05, 0.1) is 0 Å². The molecule has 0 radical (unpaired) electrons. The van der Waals surface area contributed by atoms with Crippen molar-refractivity contribution in [3.63, 3.8) is 0 Å². The van der Waals surface area contributed by atoms with Crippen LogP contribution in [0.3, 0.4) is 0 Å². The molecule has 116 valence electrons. The van der Waals surface area contributed by atoms with E-state index < -0.39 is 0 Å². The fourth-order valence-electron chi connectivity index (χ4n) is 3.88. The molecule has 0 aromatic heterocycles. The summed E-state index contributed by atoms with van der Waals surface area (Å²) in [6.07, 6.45) is 8.04. The molecule has 0 aromatic rings. The van der Waals surface area contributed by atoms with Crippen molar-refractivity contribution in [2.75, 3.05) is 6.54 Å². The molecule has 2 rings (SSSR count). The number of nitrogens with two attached hydrogens (primary N) is 1. The normalized spacial score (nSPS) is 35.0. The van der Waals surface area contributed by atoms with E-state index in [9.17, 15) is 4.79 Å². The molecule has 0 bridgehead atoms. The van der Waals surface area contributed by atoms with Crippen LogP contribution >= 0.6 is 0 Å². The number of hydrogen-bond acceptors (Lipinski definition) is 2. The Morgan fingerprint density at radius 2 is 1.75 bits per heavy atom. The van der Waals surface area contributed by atoms with Crippen molar-refractivity contribution in [2.45, 2.75) is 71.8 Å². The highest BCUT2D eigenvalue weighted by Crippen LogP contribution is 2.39. The maximum atomic E-state index is 12.1. The highest BCUT2D eigenvalue weighted by molar-refractivity contribution is 5.78. The summed E-state index contributed by atoms with van der Waals surface area (Å²) in [7, 11) is 0. The summed E-state index contributed by atoms with van der Waals surface area (Å²) in [6.45, 7) is 7.93. The Kier molecular flexibility index (Phi) is 5.11. The lowest BCUT2D eigenvalue weighted by molar-refractivity contribution is -0.125. The van der Waals surface area contributed by atoms with Crippen molar-refractivity contribution < 1.29 is 4.79 Å². The maximum absolute atomic E-state index is 12.1. The largest absolute Gasteiger partial charge is 0.356 e. The Labute approximate surface area is 124 Å². The minimum Gasteiger partial charge on any atom is -0.356 e. The minimum atomic E-state index is 0.177. The lowest BCUT2D eigenvalue weighted by Gasteiger charge is -2.37. The third-order valence-corrected chi connectivity index (χ3v) is 5.48. The molecule has 0 aliphatic heterocycles. The van der Waals surface area contributed by atoms with Gasteiger partial charge < -0.3 is 11.1 Å². The van der Waals surface area contributed by atoms with Gasteiger partial charge in [0.1, 0.15) is 0 Å². The molecule has 20 heavy (non-hydrogen) atoms. The molecule has 3 nitrogen and oxygen atoms in total. The summed E-state index contributed by atoms with van der Waals surface area (Å²) < 4.78 is 0. The van der Waals surface area contributed by atoms with Crippen LogP contribution in [0.5, 0.6) is 0 Å². The van der Waals surface area contributed by atoms with Gasteiger partial charge in [0.2, 0.25) is 5.91 Å². The summed E-state index contributed by atoms with van der Waals surface area (Å²) in [4.78, 5) is 12.1. The van der Waals surface area contributed by atoms with E-state index in [1.54, 1.807) is 0 Å². The van der Waals surface area contributed by atoms with Crippen molar-refractivity contribution in [3.8, 4) is 0 Å². The molecule has 0 heterocycles. The number of carbonyl (C=O) groups excluding carboxylic acids is 1. The molecule has 2 aliphatic rings. The molecule has 0 aromatic carbocycles. The quantitative estimate of drug-likeness (QED) is 0.834. The SMILES string of the molecule is CC(C)(C)C1CCC(CNC(=O)C2CCC(N)C2)CC1. The molecule has 2 atom stereocenters. The fraction of sp³-hybridized carbons (Fsp3) is 0.941. The molecule has 2 aliphatic carbocycles. The average molecular weight is 280 g/mol. The second-order valence-corrected chi connectivity index (χ2v) is 8.10. The molecule has 3 N–H and O–H groups in total. The second-order valence-electron chi connectivity index (χ2n) is 8.10. The predicted octanol–water partition coefficient (Wildman–Crippen LogP) is 3.08. The van der Waals surface area contributed by atoms with Crippen molar-refractivity contribution in [1.29, 1.82) is 0 Å². The van der Waals surface area contributed by atoms with E-state index in [0.29, 0.717) is 11.3 Å². The van der Waals surface area contributed by atoms with Crippen LogP contribution in [0.4, 0.5) is 0 Å². The Bertz CT molecular complexity index is 326. The second kappa shape index (κ2) is 6.46. The van der Waals surface area contributed by atoms with Gasteiger partial charge in [-0.25, -0.2) is 0 Å². The van der Waals surface area contributed by atoms with Crippen LogP contribution in [0.15, 0.2) is 0 Å². The molecule has 0 saturated heterocycles. The van der Waals surface area contributed by atoms with Gasteiger partial charge in [-0.2, -0.15) is 0 Å². The van der Waals surface area contributed by atoms with Crippen LogP contribution in [0.1, 0.15) is 65.7 Å². The maximum Gasteiger partial charge on any atom is 0.223 e. The van der Waals surface area contributed by atoms with Gasteiger partial charge in [0, 0.05) is 18.5 Å². The monoisotopic (exact) mass is 280 g/mol. The van der Waals surface area contributed by atoms with E-state index in [-0.39, 0.29) is 17.9 Å². The van der Waals surface area contributed by atoms with Crippen molar-refractivity contribution in [2.24, 2.45) is 28.9 Å². The van der Waals surface area contributed by atoms with Gasteiger partial charge >= 0.3 is 0 Å². The smallest absolute Gasteiger partial charge is 0.223 e. The first-order valence-corrected chi connectivity index (χ1v) is 8.39. The molecular weight excluding hydrogens is 248 g/mol. The van der Waals surface area contributed by atoms with Gasteiger partial charge in [-0.05, 0) is 62.2 Å². The van der Waals surface area contributed by atoms with E-state index in [2.05, 4.69) is 26.1 Å². The zero-order valence-corrected chi connectivity index (χ0v) is 13.5. The number of hydrogen-bond donors (Lipinski definition) is 2. The molecule has 1 amide bonds. The summed E-state index contributed by atoms with van der Waals surface area (Å²) in [5.41, 5.74) is 6.32. The van der Waals surface area contributed by atoms with E-state index >= 15 is 0 Å². The standard InChI is InChI=1S/C17H32N2O/c1-17(2,3)14-7-4-12(5-8-14)11-19-16(20)13-6-9-15(18)10-13/h12-15H,4-11,18H2,1-3H3,(H,19,20). The van der Waals surface area contributed by atoms with E-state index in [1.165, 1.54) is 25.7 Å². The number of rotatable bonds is 3.